The Labute approximate surface area is 209 Å². The third-order valence-electron chi connectivity index (χ3n) is 5.07. The zero-order chi connectivity index (χ0) is 25.5. The van der Waals surface area contributed by atoms with Crippen molar-refractivity contribution in [3.8, 4) is 0 Å². The highest BCUT2D eigenvalue weighted by Crippen LogP contribution is 2.28. The molecule has 2 aromatic carbocycles. The van der Waals surface area contributed by atoms with E-state index in [2.05, 4.69) is 5.32 Å². The number of hydrogen-bond donors (Lipinski definition) is 1. The molecule has 0 aliphatic heterocycles. The summed E-state index contributed by atoms with van der Waals surface area (Å²) in [6.45, 7) is 3.54. The fourth-order valence-electron chi connectivity index (χ4n) is 3.33. The standard InChI is InChI=1S/C23H28Cl2FN3O4S/c1-4-12-27-23(31)21(5-2)28(14-16-6-8-17(26)9-7-16)22(30)15-29(34(3,32)33)18-10-11-19(24)20(25)13-18/h6-11,13,21H,4-5,12,14-15H2,1-3H3,(H,27,31). The SMILES string of the molecule is CCCNC(=O)C(CC)N(Cc1ccc(F)cc1)C(=O)CN(c1ccc(Cl)c(Cl)c1)S(C)(=O)=O. The average Bonchev–Trinajstić information content (AvgIpc) is 2.78. The van der Waals surface area contributed by atoms with E-state index in [0.29, 0.717) is 24.9 Å². The maximum absolute atomic E-state index is 13.5. The van der Waals surface area contributed by atoms with E-state index in [0.717, 1.165) is 10.6 Å². The molecule has 0 saturated carbocycles. The van der Waals surface area contributed by atoms with Crippen LogP contribution < -0.4 is 9.62 Å². The number of nitrogens with one attached hydrogen (secondary N) is 1. The van der Waals surface area contributed by atoms with E-state index in [1.165, 1.54) is 47.4 Å². The first-order valence-corrected chi connectivity index (χ1v) is 13.3. The number of rotatable bonds is 11. The lowest BCUT2D eigenvalue weighted by Gasteiger charge is -2.33. The Kier molecular flexibility index (Phi) is 10.1. The molecule has 0 aromatic heterocycles. The molecular weight excluding hydrogens is 504 g/mol. The van der Waals surface area contributed by atoms with Gasteiger partial charge >= 0.3 is 0 Å². The highest BCUT2D eigenvalue weighted by molar-refractivity contribution is 7.92. The second kappa shape index (κ2) is 12.4. The van der Waals surface area contributed by atoms with Crippen molar-refractivity contribution < 1.29 is 22.4 Å². The smallest absolute Gasteiger partial charge is 0.244 e. The molecule has 0 radical (unpaired) electrons. The predicted octanol–water partition coefficient (Wildman–Crippen LogP) is 4.23. The Morgan fingerprint density at radius 2 is 1.71 bits per heavy atom. The van der Waals surface area contributed by atoms with Gasteiger partial charge in [-0.2, -0.15) is 0 Å². The van der Waals surface area contributed by atoms with Crippen molar-refractivity contribution in [2.75, 3.05) is 23.7 Å². The molecule has 0 saturated heterocycles. The molecule has 2 amide bonds. The van der Waals surface area contributed by atoms with Crippen LogP contribution in [-0.2, 0) is 26.2 Å². The van der Waals surface area contributed by atoms with Crippen LogP contribution in [-0.4, -0.2) is 50.5 Å². The number of halogens is 3. The molecule has 1 atom stereocenters. The first-order chi connectivity index (χ1) is 16.0. The van der Waals surface area contributed by atoms with Crippen molar-refractivity contribution in [3.63, 3.8) is 0 Å². The van der Waals surface area contributed by atoms with Crippen LogP contribution in [0.2, 0.25) is 10.0 Å². The topological polar surface area (TPSA) is 86.8 Å². The van der Waals surface area contributed by atoms with Crippen LogP contribution in [0, 0.1) is 5.82 Å². The van der Waals surface area contributed by atoms with Crippen LogP contribution in [0.4, 0.5) is 10.1 Å². The minimum Gasteiger partial charge on any atom is -0.354 e. The lowest BCUT2D eigenvalue weighted by Crippen LogP contribution is -2.52. The van der Waals surface area contributed by atoms with E-state index in [9.17, 15) is 22.4 Å². The van der Waals surface area contributed by atoms with Crippen molar-refractivity contribution in [2.24, 2.45) is 0 Å². The molecule has 0 bridgehead atoms. The van der Waals surface area contributed by atoms with Gasteiger partial charge in [-0.3, -0.25) is 13.9 Å². The summed E-state index contributed by atoms with van der Waals surface area (Å²) in [6.07, 6.45) is 1.99. The van der Waals surface area contributed by atoms with E-state index in [4.69, 9.17) is 23.2 Å². The number of sulfonamides is 1. The van der Waals surface area contributed by atoms with Gasteiger partial charge in [-0.25, -0.2) is 12.8 Å². The first kappa shape index (κ1) is 27.9. The average molecular weight is 532 g/mol. The molecule has 0 spiro atoms. The summed E-state index contributed by atoms with van der Waals surface area (Å²) in [5, 5.41) is 3.16. The number of anilines is 1. The molecule has 34 heavy (non-hydrogen) atoms. The number of nitrogens with zero attached hydrogens (tertiary/aromatic N) is 2. The lowest BCUT2D eigenvalue weighted by molar-refractivity contribution is -0.140. The van der Waals surface area contributed by atoms with Gasteiger partial charge in [0, 0.05) is 13.1 Å². The third kappa shape index (κ3) is 7.58. The number of hydrogen-bond acceptors (Lipinski definition) is 4. The van der Waals surface area contributed by atoms with E-state index in [1.807, 2.05) is 6.92 Å². The second-order valence-corrected chi connectivity index (χ2v) is 10.5. The Bertz CT molecular complexity index is 1110. The van der Waals surface area contributed by atoms with Crippen LogP contribution in [0.3, 0.4) is 0 Å². The molecule has 11 heteroatoms. The fourth-order valence-corrected chi connectivity index (χ4v) is 4.46. The third-order valence-corrected chi connectivity index (χ3v) is 6.95. The molecule has 1 N–H and O–H groups in total. The maximum atomic E-state index is 13.5. The van der Waals surface area contributed by atoms with Crippen LogP contribution in [0.25, 0.3) is 0 Å². The van der Waals surface area contributed by atoms with Crippen molar-refractivity contribution in [2.45, 2.75) is 39.3 Å². The number of carbonyl (C=O) groups excluding carboxylic acids is 2. The van der Waals surface area contributed by atoms with Gasteiger partial charge in [-0.1, -0.05) is 49.2 Å². The molecule has 2 rings (SSSR count). The molecule has 2 aromatic rings. The van der Waals surface area contributed by atoms with Gasteiger partial charge in [0.2, 0.25) is 21.8 Å². The summed E-state index contributed by atoms with van der Waals surface area (Å²) in [5.74, 6) is -1.38. The lowest BCUT2D eigenvalue weighted by atomic mass is 10.1. The summed E-state index contributed by atoms with van der Waals surface area (Å²) in [7, 11) is -3.89. The zero-order valence-electron chi connectivity index (χ0n) is 19.2. The van der Waals surface area contributed by atoms with Gasteiger partial charge in [0.15, 0.2) is 0 Å². The Morgan fingerprint density at radius 1 is 1.06 bits per heavy atom. The number of carbonyl (C=O) groups is 2. The van der Waals surface area contributed by atoms with Gasteiger partial charge in [-0.15, -0.1) is 0 Å². The maximum Gasteiger partial charge on any atom is 0.244 e. The van der Waals surface area contributed by atoms with Crippen molar-refractivity contribution >= 4 is 50.7 Å². The van der Waals surface area contributed by atoms with Crippen molar-refractivity contribution in [3.05, 3.63) is 63.9 Å². The van der Waals surface area contributed by atoms with Gasteiger partial charge in [0.25, 0.3) is 0 Å². The van der Waals surface area contributed by atoms with E-state index in [1.54, 1.807) is 6.92 Å². The molecule has 186 valence electrons. The Morgan fingerprint density at radius 3 is 2.24 bits per heavy atom. The van der Waals surface area contributed by atoms with Crippen LogP contribution in [0.15, 0.2) is 42.5 Å². The van der Waals surface area contributed by atoms with Gasteiger partial charge < -0.3 is 10.2 Å². The summed E-state index contributed by atoms with van der Waals surface area (Å²) >= 11 is 12.0. The number of amides is 2. The van der Waals surface area contributed by atoms with Crippen LogP contribution in [0.5, 0.6) is 0 Å². The monoisotopic (exact) mass is 531 g/mol. The summed E-state index contributed by atoms with van der Waals surface area (Å²) in [5.41, 5.74) is 0.757. The fraction of sp³-hybridized carbons (Fsp3) is 0.391. The van der Waals surface area contributed by atoms with E-state index < -0.39 is 34.3 Å². The molecule has 1 unspecified atom stereocenters. The van der Waals surface area contributed by atoms with Crippen molar-refractivity contribution in [1.82, 2.24) is 10.2 Å². The molecule has 0 aliphatic rings. The second-order valence-electron chi connectivity index (χ2n) is 7.73. The molecule has 0 fully saturated rings. The van der Waals surface area contributed by atoms with E-state index in [-0.39, 0.29) is 28.2 Å². The van der Waals surface area contributed by atoms with Crippen LogP contribution in [0.1, 0.15) is 32.3 Å². The Hall–Kier alpha value is -2.36. The molecule has 7 nitrogen and oxygen atoms in total. The highest BCUT2D eigenvalue weighted by Gasteiger charge is 2.31. The minimum absolute atomic E-state index is 0.00383. The first-order valence-electron chi connectivity index (χ1n) is 10.7. The Balaban J connectivity index is 2.43. The highest BCUT2D eigenvalue weighted by atomic mass is 35.5. The summed E-state index contributed by atoms with van der Waals surface area (Å²) < 4.78 is 39.4. The summed E-state index contributed by atoms with van der Waals surface area (Å²) in [4.78, 5) is 27.6. The van der Waals surface area contributed by atoms with E-state index >= 15 is 0 Å². The summed E-state index contributed by atoms with van der Waals surface area (Å²) in [6, 6.07) is 8.93. The van der Waals surface area contributed by atoms with Crippen molar-refractivity contribution in [1.29, 1.82) is 0 Å². The van der Waals surface area contributed by atoms with Gasteiger partial charge in [-0.05, 0) is 48.7 Å². The molecular formula is C23H28Cl2FN3O4S. The quantitative estimate of drug-likeness (QED) is 0.469. The molecule has 0 heterocycles. The predicted molar refractivity (Wildman–Crippen MR) is 133 cm³/mol. The number of benzene rings is 2. The molecule has 0 aliphatic carbocycles. The minimum atomic E-state index is -3.89. The normalized spacial score (nSPS) is 12.2. The van der Waals surface area contributed by atoms with Gasteiger partial charge in [0.1, 0.15) is 18.4 Å². The largest absolute Gasteiger partial charge is 0.354 e. The zero-order valence-corrected chi connectivity index (χ0v) is 21.6. The van der Waals surface area contributed by atoms with Gasteiger partial charge in [0.05, 0.1) is 22.0 Å². The van der Waals surface area contributed by atoms with Crippen LogP contribution >= 0.6 is 23.2 Å².